The topological polar surface area (TPSA) is 26.3 Å². The molecule has 1 rings (SSSR count). The van der Waals surface area contributed by atoms with Crippen molar-refractivity contribution in [3.05, 3.63) is 0 Å². The summed E-state index contributed by atoms with van der Waals surface area (Å²) in [6.07, 6.45) is 9.23. The number of carbonyl (C=O) groups excluding carboxylic acids is 1. The number of carbonyl (C=O) groups is 1. The number of rotatable bonds is 6. The van der Waals surface area contributed by atoms with E-state index in [1.165, 1.54) is 45.4 Å². The minimum atomic E-state index is -0.306. The Labute approximate surface area is 106 Å². The molecule has 0 radical (unpaired) electrons. The zero-order chi connectivity index (χ0) is 12.9. The van der Waals surface area contributed by atoms with Crippen molar-refractivity contribution in [3.8, 4) is 0 Å². The summed E-state index contributed by atoms with van der Waals surface area (Å²) in [7, 11) is 0. The van der Waals surface area contributed by atoms with Crippen LogP contribution in [0, 0.1) is 11.8 Å². The highest BCUT2D eigenvalue weighted by molar-refractivity contribution is 5.66. The molecule has 0 saturated heterocycles. The van der Waals surface area contributed by atoms with E-state index in [-0.39, 0.29) is 11.6 Å². The lowest BCUT2D eigenvalue weighted by atomic mass is 9.82. The quantitative estimate of drug-likeness (QED) is 0.646. The normalized spacial score (nSPS) is 19.3. The van der Waals surface area contributed by atoms with E-state index in [4.69, 9.17) is 4.74 Å². The Bertz CT molecular complexity index is 239. The van der Waals surface area contributed by atoms with E-state index in [1.54, 1.807) is 0 Å². The number of ether oxygens (including phenoxy) is 1. The van der Waals surface area contributed by atoms with Crippen LogP contribution in [0.15, 0.2) is 0 Å². The molecule has 2 nitrogen and oxygen atoms in total. The summed E-state index contributed by atoms with van der Waals surface area (Å²) in [6.45, 7) is 7.81. The molecule has 1 atom stereocenters. The smallest absolute Gasteiger partial charge is 0.303 e. The van der Waals surface area contributed by atoms with Crippen LogP contribution < -0.4 is 0 Å². The van der Waals surface area contributed by atoms with Crippen LogP contribution in [-0.2, 0) is 9.53 Å². The average molecular weight is 240 g/mol. The molecule has 0 N–H and O–H groups in total. The van der Waals surface area contributed by atoms with Gasteiger partial charge in [-0.15, -0.1) is 0 Å². The summed E-state index contributed by atoms with van der Waals surface area (Å²) in [4.78, 5) is 11.1. The molecule has 0 heterocycles. The van der Waals surface area contributed by atoms with Gasteiger partial charge in [0.05, 0.1) is 0 Å². The first-order chi connectivity index (χ1) is 7.95. The fourth-order valence-electron chi connectivity index (χ4n) is 3.23. The van der Waals surface area contributed by atoms with Crippen molar-refractivity contribution < 1.29 is 9.53 Å². The van der Waals surface area contributed by atoms with Gasteiger partial charge in [0.25, 0.3) is 0 Å². The molecule has 0 aromatic rings. The van der Waals surface area contributed by atoms with Crippen molar-refractivity contribution in [2.75, 3.05) is 0 Å². The molecular formula is C15H28O2. The third kappa shape index (κ3) is 4.69. The lowest BCUT2D eigenvalue weighted by Crippen LogP contribution is -2.36. The molecule has 1 fully saturated rings. The molecule has 0 aromatic heterocycles. The summed E-state index contributed by atoms with van der Waals surface area (Å²) in [5.41, 5.74) is -0.306. The highest BCUT2D eigenvalue weighted by Crippen LogP contribution is 2.34. The SMILES string of the molecule is CCC(CCC1CCCC1)C(C)(C)OC(C)=O. The largest absolute Gasteiger partial charge is 0.460 e. The second kappa shape index (κ2) is 6.42. The van der Waals surface area contributed by atoms with Crippen LogP contribution >= 0.6 is 0 Å². The van der Waals surface area contributed by atoms with Crippen LogP contribution in [-0.4, -0.2) is 11.6 Å². The van der Waals surface area contributed by atoms with Gasteiger partial charge in [0.2, 0.25) is 0 Å². The molecule has 0 bridgehead atoms. The molecule has 17 heavy (non-hydrogen) atoms. The standard InChI is InChI=1S/C15H28O2/c1-5-14(15(3,4)17-12(2)16)11-10-13-8-6-7-9-13/h13-14H,5-11H2,1-4H3. The summed E-state index contributed by atoms with van der Waals surface area (Å²) in [6, 6.07) is 0. The van der Waals surface area contributed by atoms with Gasteiger partial charge in [0.15, 0.2) is 0 Å². The van der Waals surface area contributed by atoms with E-state index in [2.05, 4.69) is 20.8 Å². The van der Waals surface area contributed by atoms with Crippen LogP contribution in [0.5, 0.6) is 0 Å². The van der Waals surface area contributed by atoms with E-state index in [1.807, 2.05) is 0 Å². The van der Waals surface area contributed by atoms with Gasteiger partial charge >= 0.3 is 5.97 Å². The number of hydrogen-bond donors (Lipinski definition) is 0. The molecule has 0 amide bonds. The molecule has 1 unspecified atom stereocenters. The van der Waals surface area contributed by atoms with E-state index >= 15 is 0 Å². The minimum Gasteiger partial charge on any atom is -0.460 e. The first-order valence-corrected chi connectivity index (χ1v) is 7.15. The maximum absolute atomic E-state index is 11.1. The van der Waals surface area contributed by atoms with Gasteiger partial charge in [0.1, 0.15) is 5.60 Å². The van der Waals surface area contributed by atoms with Crippen molar-refractivity contribution in [2.45, 2.75) is 78.2 Å². The Morgan fingerprint density at radius 3 is 2.41 bits per heavy atom. The van der Waals surface area contributed by atoms with Crippen LogP contribution in [0.25, 0.3) is 0 Å². The highest BCUT2D eigenvalue weighted by atomic mass is 16.6. The fourth-order valence-corrected chi connectivity index (χ4v) is 3.23. The second-order valence-electron chi connectivity index (χ2n) is 6.03. The maximum atomic E-state index is 11.1. The van der Waals surface area contributed by atoms with Gasteiger partial charge in [-0.25, -0.2) is 0 Å². The molecule has 2 heteroatoms. The molecule has 1 aliphatic rings. The van der Waals surface area contributed by atoms with Gasteiger partial charge in [-0.3, -0.25) is 4.79 Å². The van der Waals surface area contributed by atoms with E-state index in [9.17, 15) is 4.79 Å². The summed E-state index contributed by atoms with van der Waals surface area (Å²) < 4.78 is 5.47. The van der Waals surface area contributed by atoms with Crippen molar-refractivity contribution in [1.29, 1.82) is 0 Å². The Morgan fingerprint density at radius 2 is 1.94 bits per heavy atom. The number of esters is 1. The maximum Gasteiger partial charge on any atom is 0.303 e. The fraction of sp³-hybridized carbons (Fsp3) is 0.933. The van der Waals surface area contributed by atoms with Gasteiger partial charge in [-0.2, -0.15) is 0 Å². The van der Waals surface area contributed by atoms with E-state index in [0.717, 1.165) is 12.3 Å². The van der Waals surface area contributed by atoms with Crippen LogP contribution in [0.2, 0.25) is 0 Å². The monoisotopic (exact) mass is 240 g/mol. The minimum absolute atomic E-state index is 0.158. The van der Waals surface area contributed by atoms with E-state index in [0.29, 0.717) is 5.92 Å². The Kier molecular flexibility index (Phi) is 5.48. The zero-order valence-electron chi connectivity index (χ0n) is 11.9. The molecule has 100 valence electrons. The van der Waals surface area contributed by atoms with Gasteiger partial charge in [-0.05, 0) is 38.5 Å². The van der Waals surface area contributed by atoms with Crippen LogP contribution in [0.3, 0.4) is 0 Å². The summed E-state index contributed by atoms with van der Waals surface area (Å²) in [5.74, 6) is 1.26. The Balaban J connectivity index is 2.42. The predicted molar refractivity (Wildman–Crippen MR) is 70.8 cm³/mol. The first kappa shape index (κ1) is 14.5. The lowest BCUT2D eigenvalue weighted by Gasteiger charge is -2.33. The lowest BCUT2D eigenvalue weighted by molar-refractivity contribution is -0.159. The van der Waals surface area contributed by atoms with Crippen molar-refractivity contribution in [3.63, 3.8) is 0 Å². The summed E-state index contributed by atoms with van der Waals surface area (Å²) >= 11 is 0. The summed E-state index contributed by atoms with van der Waals surface area (Å²) in [5, 5.41) is 0. The van der Waals surface area contributed by atoms with Crippen molar-refractivity contribution in [2.24, 2.45) is 11.8 Å². The second-order valence-corrected chi connectivity index (χ2v) is 6.03. The van der Waals surface area contributed by atoms with E-state index < -0.39 is 0 Å². The third-order valence-electron chi connectivity index (χ3n) is 4.28. The zero-order valence-corrected chi connectivity index (χ0v) is 11.9. The van der Waals surface area contributed by atoms with Gasteiger partial charge < -0.3 is 4.74 Å². The van der Waals surface area contributed by atoms with Gasteiger partial charge in [-0.1, -0.05) is 39.0 Å². The molecule has 0 aliphatic heterocycles. The third-order valence-corrected chi connectivity index (χ3v) is 4.28. The van der Waals surface area contributed by atoms with Gasteiger partial charge in [0, 0.05) is 6.92 Å². The molecular weight excluding hydrogens is 212 g/mol. The Hall–Kier alpha value is -0.530. The van der Waals surface area contributed by atoms with Crippen molar-refractivity contribution >= 4 is 5.97 Å². The average Bonchev–Trinajstić information content (AvgIpc) is 2.68. The molecule has 0 spiro atoms. The van der Waals surface area contributed by atoms with Crippen LogP contribution in [0.4, 0.5) is 0 Å². The van der Waals surface area contributed by atoms with Crippen LogP contribution in [0.1, 0.15) is 72.6 Å². The molecule has 1 aliphatic carbocycles. The Morgan fingerprint density at radius 1 is 1.35 bits per heavy atom. The first-order valence-electron chi connectivity index (χ1n) is 7.15. The molecule has 1 saturated carbocycles. The predicted octanol–water partition coefficient (Wildman–Crippen LogP) is 4.32. The molecule has 0 aromatic carbocycles. The highest BCUT2D eigenvalue weighted by Gasteiger charge is 2.31. The van der Waals surface area contributed by atoms with Crippen molar-refractivity contribution in [1.82, 2.24) is 0 Å². The number of hydrogen-bond acceptors (Lipinski definition) is 2.